The Morgan fingerprint density at radius 3 is 2.68 bits per heavy atom. The smallest absolute Gasteiger partial charge is 0.407 e. The first-order valence-electron chi connectivity index (χ1n) is 12.2. The van der Waals surface area contributed by atoms with E-state index >= 15 is 0 Å². The molecule has 0 bridgehead atoms. The molecule has 3 heterocycles. The zero-order valence-electron chi connectivity index (χ0n) is 20.6. The molecule has 0 saturated carbocycles. The number of hydrogen-bond acceptors (Lipinski definition) is 6. The second-order valence-corrected chi connectivity index (χ2v) is 9.48. The number of rotatable bonds is 6. The van der Waals surface area contributed by atoms with E-state index < -0.39 is 6.09 Å². The van der Waals surface area contributed by atoms with E-state index in [0.717, 1.165) is 61.6 Å². The van der Waals surface area contributed by atoms with Gasteiger partial charge in [-0.15, -0.1) is 0 Å². The standard InChI is InChI=1S/C25H36N6O3/c1-17(2)34-25(33)28-23-13-18(3)31(19(4)32)24-6-5-20(14-22(23)24)21-15-27-30(16-21)12-11-29-9-7-26-8-10-29/h5-6,14-18,23,26H,7-13H2,1-4H3,(H,28,33)/t18-,23+/m0/s1. The minimum Gasteiger partial charge on any atom is -0.447 e. The van der Waals surface area contributed by atoms with Crippen molar-refractivity contribution >= 4 is 17.7 Å². The predicted octanol–water partition coefficient (Wildman–Crippen LogP) is 2.78. The number of nitrogens with zero attached hydrogens (tertiary/aromatic N) is 4. The Bertz CT molecular complexity index is 1010. The van der Waals surface area contributed by atoms with E-state index in [-0.39, 0.29) is 24.1 Å². The third-order valence-electron chi connectivity index (χ3n) is 6.48. The molecule has 9 heteroatoms. The highest BCUT2D eigenvalue weighted by Gasteiger charge is 2.34. The lowest BCUT2D eigenvalue weighted by Gasteiger charge is -2.39. The molecule has 1 fully saturated rings. The van der Waals surface area contributed by atoms with Gasteiger partial charge in [-0.05, 0) is 50.5 Å². The number of carbonyl (C=O) groups is 2. The maximum atomic E-state index is 12.4. The molecular weight excluding hydrogens is 432 g/mol. The molecule has 1 aromatic heterocycles. The summed E-state index contributed by atoms with van der Waals surface area (Å²) in [6.45, 7) is 13.3. The number of ether oxygens (including phenoxy) is 1. The van der Waals surface area contributed by atoms with Crippen LogP contribution >= 0.6 is 0 Å². The van der Waals surface area contributed by atoms with Crippen molar-refractivity contribution in [3.63, 3.8) is 0 Å². The fraction of sp³-hybridized carbons (Fsp3) is 0.560. The van der Waals surface area contributed by atoms with Crippen molar-refractivity contribution in [1.29, 1.82) is 0 Å². The van der Waals surface area contributed by atoms with Gasteiger partial charge in [-0.1, -0.05) is 6.07 Å². The Morgan fingerprint density at radius 1 is 1.21 bits per heavy atom. The number of anilines is 1. The van der Waals surface area contributed by atoms with Crippen LogP contribution in [0, 0.1) is 0 Å². The van der Waals surface area contributed by atoms with Crippen molar-refractivity contribution in [1.82, 2.24) is 25.3 Å². The fourth-order valence-corrected chi connectivity index (χ4v) is 4.86. The van der Waals surface area contributed by atoms with E-state index in [1.807, 2.05) is 48.7 Å². The predicted molar refractivity (Wildman–Crippen MR) is 132 cm³/mol. The number of aromatic nitrogens is 2. The molecule has 0 spiro atoms. The van der Waals surface area contributed by atoms with Crippen molar-refractivity contribution < 1.29 is 14.3 Å². The molecule has 0 unspecified atom stereocenters. The second-order valence-electron chi connectivity index (χ2n) is 9.48. The Balaban J connectivity index is 1.56. The van der Waals surface area contributed by atoms with E-state index in [4.69, 9.17) is 4.74 Å². The zero-order valence-corrected chi connectivity index (χ0v) is 20.6. The van der Waals surface area contributed by atoms with E-state index in [1.165, 1.54) is 0 Å². The van der Waals surface area contributed by atoms with E-state index in [1.54, 1.807) is 6.92 Å². The quantitative estimate of drug-likeness (QED) is 0.678. The molecular formula is C25H36N6O3. The van der Waals surface area contributed by atoms with Crippen LogP contribution in [0.25, 0.3) is 11.1 Å². The first-order valence-corrected chi connectivity index (χ1v) is 12.2. The maximum absolute atomic E-state index is 12.4. The van der Waals surface area contributed by atoms with Crippen molar-refractivity contribution in [3.05, 3.63) is 36.2 Å². The Hall–Kier alpha value is -2.91. The van der Waals surface area contributed by atoms with Gasteiger partial charge in [-0.3, -0.25) is 14.4 Å². The molecule has 4 rings (SSSR count). The van der Waals surface area contributed by atoms with Crippen LogP contribution in [-0.4, -0.2) is 71.6 Å². The van der Waals surface area contributed by atoms with Crippen molar-refractivity contribution in [3.8, 4) is 11.1 Å². The molecule has 2 aliphatic rings. The van der Waals surface area contributed by atoms with Gasteiger partial charge in [0.2, 0.25) is 5.91 Å². The van der Waals surface area contributed by atoms with Crippen LogP contribution in [0.4, 0.5) is 10.5 Å². The van der Waals surface area contributed by atoms with Gasteiger partial charge in [0, 0.05) is 63.1 Å². The number of piperazine rings is 1. The summed E-state index contributed by atoms with van der Waals surface area (Å²) in [5, 5.41) is 10.9. The molecule has 2 aromatic rings. The normalized spacial score (nSPS) is 20.8. The number of alkyl carbamates (subject to hydrolysis) is 1. The summed E-state index contributed by atoms with van der Waals surface area (Å²) in [6.07, 6.45) is 3.91. The number of carbonyl (C=O) groups excluding carboxylic acids is 2. The average molecular weight is 469 g/mol. The van der Waals surface area contributed by atoms with Gasteiger partial charge < -0.3 is 20.3 Å². The minimum absolute atomic E-state index is 0.00885. The summed E-state index contributed by atoms with van der Waals surface area (Å²) < 4.78 is 7.30. The molecule has 34 heavy (non-hydrogen) atoms. The SMILES string of the molecule is CC(=O)N1c2ccc(-c3cnn(CCN4CCNCC4)c3)cc2[C@H](NC(=O)OC(C)C)C[C@@H]1C. The topological polar surface area (TPSA) is 91.7 Å². The van der Waals surface area contributed by atoms with Crippen LogP contribution in [0.1, 0.15) is 45.7 Å². The lowest BCUT2D eigenvalue weighted by molar-refractivity contribution is -0.117. The van der Waals surface area contributed by atoms with Crippen LogP contribution in [0.5, 0.6) is 0 Å². The summed E-state index contributed by atoms with van der Waals surface area (Å²) in [5.41, 5.74) is 3.77. The van der Waals surface area contributed by atoms with Crippen LogP contribution in [-0.2, 0) is 16.1 Å². The molecule has 1 aromatic carbocycles. The summed E-state index contributed by atoms with van der Waals surface area (Å²) in [5.74, 6) is -0.00885. The van der Waals surface area contributed by atoms with E-state index in [2.05, 4.69) is 32.9 Å². The highest BCUT2D eigenvalue weighted by atomic mass is 16.6. The van der Waals surface area contributed by atoms with Gasteiger partial charge in [-0.25, -0.2) is 4.79 Å². The summed E-state index contributed by atoms with van der Waals surface area (Å²) in [7, 11) is 0. The number of fused-ring (bicyclic) bond motifs is 1. The molecule has 2 amide bonds. The van der Waals surface area contributed by atoms with Crippen LogP contribution in [0.3, 0.4) is 0 Å². The van der Waals surface area contributed by atoms with E-state index in [0.29, 0.717) is 6.42 Å². The summed E-state index contributed by atoms with van der Waals surface area (Å²) >= 11 is 0. The van der Waals surface area contributed by atoms with Gasteiger partial charge in [0.1, 0.15) is 0 Å². The number of benzene rings is 1. The van der Waals surface area contributed by atoms with Gasteiger partial charge in [0.15, 0.2) is 0 Å². The Kier molecular flexibility index (Phi) is 7.53. The molecule has 184 valence electrons. The molecule has 2 N–H and O–H groups in total. The zero-order chi connectivity index (χ0) is 24.2. The van der Waals surface area contributed by atoms with Crippen LogP contribution < -0.4 is 15.5 Å². The third kappa shape index (κ3) is 5.59. The van der Waals surface area contributed by atoms with Gasteiger partial charge in [0.05, 0.1) is 24.9 Å². The number of nitrogens with one attached hydrogen (secondary N) is 2. The van der Waals surface area contributed by atoms with Gasteiger partial charge in [-0.2, -0.15) is 5.10 Å². The van der Waals surface area contributed by atoms with Crippen LogP contribution in [0.2, 0.25) is 0 Å². The molecule has 1 saturated heterocycles. The Labute approximate surface area is 201 Å². The molecule has 2 aliphatic heterocycles. The highest BCUT2D eigenvalue weighted by molar-refractivity contribution is 5.94. The average Bonchev–Trinajstić information content (AvgIpc) is 3.26. The first-order chi connectivity index (χ1) is 16.3. The van der Waals surface area contributed by atoms with E-state index in [9.17, 15) is 9.59 Å². The third-order valence-corrected chi connectivity index (χ3v) is 6.48. The number of amides is 2. The molecule has 0 aliphatic carbocycles. The van der Waals surface area contributed by atoms with Crippen molar-refractivity contribution in [2.45, 2.75) is 58.8 Å². The monoisotopic (exact) mass is 468 g/mol. The van der Waals surface area contributed by atoms with Crippen molar-refractivity contribution in [2.75, 3.05) is 37.6 Å². The van der Waals surface area contributed by atoms with Crippen LogP contribution in [0.15, 0.2) is 30.6 Å². The molecule has 2 atom stereocenters. The fourth-order valence-electron chi connectivity index (χ4n) is 4.86. The first kappa shape index (κ1) is 24.2. The van der Waals surface area contributed by atoms with Gasteiger partial charge in [0.25, 0.3) is 0 Å². The van der Waals surface area contributed by atoms with Gasteiger partial charge >= 0.3 is 6.09 Å². The largest absolute Gasteiger partial charge is 0.447 e. The number of hydrogen-bond donors (Lipinski definition) is 2. The lowest BCUT2D eigenvalue weighted by atomic mass is 9.89. The summed E-state index contributed by atoms with van der Waals surface area (Å²) in [4.78, 5) is 29.0. The highest BCUT2D eigenvalue weighted by Crippen LogP contribution is 2.39. The molecule has 0 radical (unpaired) electrons. The van der Waals surface area contributed by atoms with Crippen molar-refractivity contribution in [2.24, 2.45) is 0 Å². The maximum Gasteiger partial charge on any atom is 0.407 e. The second kappa shape index (κ2) is 10.6. The lowest BCUT2D eigenvalue weighted by Crippen LogP contribution is -2.45. The minimum atomic E-state index is -0.444. The summed E-state index contributed by atoms with van der Waals surface area (Å²) in [6, 6.07) is 5.79. The molecule has 9 nitrogen and oxygen atoms in total. The Morgan fingerprint density at radius 2 is 1.97 bits per heavy atom.